The van der Waals surface area contributed by atoms with Crippen molar-refractivity contribution in [3.63, 3.8) is 0 Å². The van der Waals surface area contributed by atoms with Gasteiger partial charge in [-0.2, -0.15) is 0 Å². The van der Waals surface area contributed by atoms with E-state index in [0.717, 1.165) is 4.90 Å². The number of nitrogens with one attached hydrogen (secondary N) is 2. The summed E-state index contributed by atoms with van der Waals surface area (Å²) in [4.78, 5) is 39.0. The van der Waals surface area contributed by atoms with Gasteiger partial charge in [-0.15, -0.1) is 0 Å². The van der Waals surface area contributed by atoms with E-state index < -0.39 is 23.8 Å². The molecule has 4 amide bonds. The summed E-state index contributed by atoms with van der Waals surface area (Å²) in [7, 11) is 1.52. The first-order valence-corrected chi connectivity index (χ1v) is 9.47. The normalized spacial score (nSPS) is 16.9. The van der Waals surface area contributed by atoms with Crippen LogP contribution in [0.25, 0.3) is 0 Å². The summed E-state index contributed by atoms with van der Waals surface area (Å²) in [6, 6.07) is 12.8. The van der Waals surface area contributed by atoms with E-state index in [-0.39, 0.29) is 0 Å². The van der Waals surface area contributed by atoms with Crippen molar-refractivity contribution in [3.8, 4) is 11.5 Å². The number of barbiturate groups is 1. The molecule has 0 saturated carbocycles. The fraction of sp³-hybridized carbons (Fsp3) is 0.227. The Morgan fingerprint density at radius 2 is 1.70 bits per heavy atom. The Kier molecular flexibility index (Phi) is 6.36. The summed E-state index contributed by atoms with van der Waals surface area (Å²) in [5, 5.41) is 5.36. The molecule has 0 aromatic heterocycles. The van der Waals surface area contributed by atoms with Crippen LogP contribution in [-0.2, 0) is 9.59 Å². The van der Waals surface area contributed by atoms with E-state index in [1.165, 1.54) is 7.11 Å². The van der Waals surface area contributed by atoms with Crippen LogP contribution in [0.3, 0.4) is 0 Å². The second-order valence-electron chi connectivity index (χ2n) is 6.43. The summed E-state index contributed by atoms with van der Waals surface area (Å²) in [6.07, 6.45) is 1.64. The Morgan fingerprint density at radius 3 is 2.27 bits per heavy atom. The zero-order chi connectivity index (χ0) is 21.7. The summed E-state index contributed by atoms with van der Waals surface area (Å²) >= 11 is 0. The van der Waals surface area contributed by atoms with Crippen LogP contribution in [0.15, 0.2) is 60.3 Å². The maximum Gasteiger partial charge on any atom is 0.335 e. The second kappa shape index (κ2) is 9.13. The molecule has 30 heavy (non-hydrogen) atoms. The summed E-state index contributed by atoms with van der Waals surface area (Å²) in [6.45, 7) is 4.16. The van der Waals surface area contributed by atoms with Crippen molar-refractivity contribution >= 4 is 29.2 Å². The number of hydrogen-bond acceptors (Lipinski definition) is 6. The van der Waals surface area contributed by atoms with Crippen LogP contribution in [0.5, 0.6) is 11.5 Å². The van der Waals surface area contributed by atoms with E-state index in [0.29, 0.717) is 35.2 Å². The molecule has 3 rings (SSSR count). The van der Waals surface area contributed by atoms with Crippen LogP contribution >= 0.6 is 0 Å². The number of imide groups is 2. The smallest absolute Gasteiger partial charge is 0.335 e. The molecular weight excluding hydrogens is 386 g/mol. The van der Waals surface area contributed by atoms with E-state index in [2.05, 4.69) is 10.6 Å². The molecule has 0 radical (unpaired) electrons. The fourth-order valence-electron chi connectivity index (χ4n) is 3.10. The number of allylic oxidation sites excluding steroid dienone is 1. The van der Waals surface area contributed by atoms with Gasteiger partial charge in [-0.1, -0.05) is 6.08 Å². The maximum absolute atomic E-state index is 13.1. The molecule has 1 saturated heterocycles. The lowest BCUT2D eigenvalue weighted by Gasteiger charge is -2.31. The van der Waals surface area contributed by atoms with Crippen LogP contribution in [0.2, 0.25) is 0 Å². The van der Waals surface area contributed by atoms with Gasteiger partial charge in [0.2, 0.25) is 5.91 Å². The highest BCUT2D eigenvalue weighted by atomic mass is 16.5. The first-order valence-electron chi connectivity index (χ1n) is 9.47. The van der Waals surface area contributed by atoms with E-state index in [1.54, 1.807) is 61.5 Å². The molecule has 2 N–H and O–H groups in total. The Morgan fingerprint density at radius 1 is 1.07 bits per heavy atom. The largest absolute Gasteiger partial charge is 0.497 e. The second-order valence-corrected chi connectivity index (χ2v) is 6.43. The van der Waals surface area contributed by atoms with Crippen molar-refractivity contribution in [1.82, 2.24) is 5.32 Å². The number of carbonyl (C=O) groups is 3. The van der Waals surface area contributed by atoms with Gasteiger partial charge in [0, 0.05) is 11.4 Å². The van der Waals surface area contributed by atoms with E-state index in [1.807, 2.05) is 6.92 Å². The molecule has 0 spiro atoms. The highest BCUT2D eigenvalue weighted by Crippen LogP contribution is 2.27. The Bertz CT molecular complexity index is 967. The minimum absolute atomic E-state index is 0.340. The SMILES string of the molecule is C/C=C(/Nc1ccc(OCC)cc1)[C@@H]1C(=O)NC(=O)N(c2ccc(OC)cc2)C1=O. The van der Waals surface area contributed by atoms with Crippen molar-refractivity contribution in [2.45, 2.75) is 13.8 Å². The number of rotatable bonds is 7. The van der Waals surface area contributed by atoms with Crippen molar-refractivity contribution in [2.24, 2.45) is 5.92 Å². The lowest BCUT2D eigenvalue weighted by atomic mass is 9.99. The first kappa shape index (κ1) is 20.9. The molecule has 0 bridgehead atoms. The number of anilines is 2. The van der Waals surface area contributed by atoms with Crippen molar-refractivity contribution < 1.29 is 23.9 Å². The number of nitrogens with zero attached hydrogens (tertiary/aromatic N) is 1. The van der Waals surface area contributed by atoms with Crippen LogP contribution < -0.4 is 25.0 Å². The Labute approximate surface area is 174 Å². The van der Waals surface area contributed by atoms with Crippen LogP contribution in [-0.4, -0.2) is 31.6 Å². The summed E-state index contributed by atoms with van der Waals surface area (Å²) in [5.74, 6) is -1.21. The van der Waals surface area contributed by atoms with Gasteiger partial charge >= 0.3 is 6.03 Å². The molecule has 0 unspecified atom stereocenters. The quantitative estimate of drug-likeness (QED) is 0.681. The zero-order valence-electron chi connectivity index (χ0n) is 17.0. The molecule has 156 valence electrons. The lowest BCUT2D eigenvalue weighted by Crippen LogP contribution is -2.59. The van der Waals surface area contributed by atoms with E-state index in [9.17, 15) is 14.4 Å². The van der Waals surface area contributed by atoms with Crippen LogP contribution in [0.1, 0.15) is 13.8 Å². The molecule has 2 aromatic carbocycles. The number of methoxy groups -OCH3 is 1. The summed E-state index contributed by atoms with van der Waals surface area (Å²) in [5.41, 5.74) is 1.39. The van der Waals surface area contributed by atoms with E-state index >= 15 is 0 Å². The number of ether oxygens (including phenoxy) is 2. The highest BCUT2D eigenvalue weighted by Gasteiger charge is 2.43. The lowest BCUT2D eigenvalue weighted by molar-refractivity contribution is -0.132. The molecular formula is C22H23N3O5. The van der Waals surface area contributed by atoms with Crippen LogP contribution in [0.4, 0.5) is 16.2 Å². The molecule has 8 heteroatoms. The minimum Gasteiger partial charge on any atom is -0.497 e. The number of carbonyl (C=O) groups excluding carboxylic acids is 3. The van der Waals surface area contributed by atoms with Crippen molar-refractivity contribution in [2.75, 3.05) is 23.9 Å². The Balaban J connectivity index is 1.85. The number of amides is 4. The van der Waals surface area contributed by atoms with Crippen LogP contribution in [0, 0.1) is 5.92 Å². The molecule has 1 aliphatic rings. The first-order chi connectivity index (χ1) is 14.5. The third kappa shape index (κ3) is 4.27. The van der Waals surface area contributed by atoms with Gasteiger partial charge in [0.25, 0.3) is 5.91 Å². The summed E-state index contributed by atoms with van der Waals surface area (Å²) < 4.78 is 10.5. The molecule has 1 fully saturated rings. The molecule has 1 atom stereocenters. The predicted octanol–water partition coefficient (Wildman–Crippen LogP) is 3.31. The average molecular weight is 409 g/mol. The van der Waals surface area contributed by atoms with Crippen molar-refractivity contribution in [3.05, 3.63) is 60.3 Å². The number of urea groups is 1. The van der Waals surface area contributed by atoms with Gasteiger partial charge in [-0.05, 0) is 62.4 Å². The third-order valence-electron chi connectivity index (χ3n) is 4.57. The maximum atomic E-state index is 13.1. The molecule has 1 aliphatic heterocycles. The van der Waals surface area contributed by atoms with Gasteiger partial charge in [0.05, 0.1) is 19.4 Å². The minimum atomic E-state index is -1.19. The fourth-order valence-corrected chi connectivity index (χ4v) is 3.10. The molecule has 0 aliphatic carbocycles. The topological polar surface area (TPSA) is 97.0 Å². The van der Waals surface area contributed by atoms with Gasteiger partial charge in [0.1, 0.15) is 11.5 Å². The highest BCUT2D eigenvalue weighted by molar-refractivity contribution is 6.29. The number of hydrogen-bond donors (Lipinski definition) is 2. The number of benzene rings is 2. The van der Waals surface area contributed by atoms with Gasteiger partial charge in [-0.25, -0.2) is 9.69 Å². The molecule has 1 heterocycles. The van der Waals surface area contributed by atoms with Gasteiger partial charge in [0.15, 0.2) is 5.92 Å². The predicted molar refractivity (Wildman–Crippen MR) is 112 cm³/mol. The monoisotopic (exact) mass is 409 g/mol. The van der Waals surface area contributed by atoms with Gasteiger partial charge < -0.3 is 14.8 Å². The third-order valence-corrected chi connectivity index (χ3v) is 4.57. The molecule has 2 aromatic rings. The Hall–Kier alpha value is -3.81. The van der Waals surface area contributed by atoms with Crippen molar-refractivity contribution in [1.29, 1.82) is 0 Å². The molecule has 8 nitrogen and oxygen atoms in total. The zero-order valence-corrected chi connectivity index (χ0v) is 17.0. The standard InChI is InChI=1S/C22H23N3O5/c1-4-18(23-14-6-10-17(11-7-14)30-5-2)19-20(26)24-22(28)25(21(19)27)15-8-12-16(29-3)13-9-15/h4,6-13,19,23H,5H2,1-3H3,(H,24,26,28)/b18-4+/t19-/m1/s1. The average Bonchev–Trinajstić information content (AvgIpc) is 2.74. The van der Waals surface area contributed by atoms with E-state index in [4.69, 9.17) is 9.47 Å². The van der Waals surface area contributed by atoms with Gasteiger partial charge in [-0.3, -0.25) is 14.9 Å².